The van der Waals surface area contributed by atoms with Crippen LogP contribution >= 0.6 is 23.2 Å². The quantitative estimate of drug-likeness (QED) is 0.779. The highest BCUT2D eigenvalue weighted by Crippen LogP contribution is 2.50. The van der Waals surface area contributed by atoms with Gasteiger partial charge in [-0.3, -0.25) is 0 Å². The summed E-state index contributed by atoms with van der Waals surface area (Å²) in [7, 11) is 0. The Kier molecular flexibility index (Phi) is 4.03. The molecule has 0 bridgehead atoms. The van der Waals surface area contributed by atoms with Crippen molar-refractivity contribution in [2.24, 2.45) is 11.1 Å². The van der Waals surface area contributed by atoms with Gasteiger partial charge in [-0.05, 0) is 24.6 Å². The topological polar surface area (TPSA) is 30.8 Å². The van der Waals surface area contributed by atoms with E-state index in [1.54, 1.807) is 0 Å². The van der Waals surface area contributed by atoms with Gasteiger partial charge in [-0.15, -0.1) is 0 Å². The summed E-state index contributed by atoms with van der Waals surface area (Å²) in [5.41, 5.74) is -2.32. The van der Waals surface area contributed by atoms with E-state index in [2.05, 4.69) is 5.16 Å². The summed E-state index contributed by atoms with van der Waals surface area (Å²) >= 11 is 11.7. The van der Waals surface area contributed by atoms with Crippen molar-refractivity contribution in [2.75, 3.05) is 13.2 Å². The highest BCUT2D eigenvalue weighted by atomic mass is 35.5. The predicted molar refractivity (Wildman–Crippen MR) is 76.3 cm³/mol. The van der Waals surface area contributed by atoms with Gasteiger partial charge in [0.2, 0.25) is 0 Å². The normalized spacial score (nSPS) is 28.6. The molecule has 0 amide bonds. The average Bonchev–Trinajstić information content (AvgIpc) is 3.06. The molecule has 0 radical (unpaired) electrons. The Morgan fingerprint density at radius 2 is 1.86 bits per heavy atom. The van der Waals surface area contributed by atoms with Gasteiger partial charge < -0.3 is 9.57 Å². The minimum atomic E-state index is -4.65. The summed E-state index contributed by atoms with van der Waals surface area (Å²) in [4.78, 5) is 4.92. The monoisotopic (exact) mass is 353 g/mol. The molecule has 22 heavy (non-hydrogen) atoms. The fraction of sp³-hybridized carbons (Fsp3) is 0.500. The zero-order valence-corrected chi connectivity index (χ0v) is 12.8. The smallest absolute Gasteiger partial charge is 0.381 e. The van der Waals surface area contributed by atoms with Gasteiger partial charge >= 0.3 is 6.18 Å². The third-order valence-corrected chi connectivity index (χ3v) is 4.37. The van der Waals surface area contributed by atoms with Crippen molar-refractivity contribution in [2.45, 2.75) is 24.6 Å². The predicted octanol–water partition coefficient (Wildman–Crippen LogP) is 4.56. The third kappa shape index (κ3) is 2.68. The molecular formula is C14H12Cl2F3NO2. The largest absolute Gasteiger partial charge is 0.435 e. The molecule has 120 valence electrons. The van der Waals surface area contributed by atoms with E-state index in [9.17, 15) is 13.2 Å². The van der Waals surface area contributed by atoms with Crippen LogP contribution < -0.4 is 0 Å². The van der Waals surface area contributed by atoms with Crippen molar-refractivity contribution in [1.29, 1.82) is 0 Å². The second-order valence-corrected chi connectivity index (χ2v) is 6.27. The van der Waals surface area contributed by atoms with Crippen LogP contribution in [0.5, 0.6) is 0 Å². The Morgan fingerprint density at radius 1 is 1.18 bits per heavy atom. The molecule has 3 rings (SSSR count). The highest BCUT2D eigenvalue weighted by molar-refractivity contribution is 6.34. The van der Waals surface area contributed by atoms with Gasteiger partial charge in [0, 0.05) is 34.6 Å². The van der Waals surface area contributed by atoms with Gasteiger partial charge in [0.25, 0.3) is 5.60 Å². The molecule has 3 nitrogen and oxygen atoms in total. The molecule has 1 aromatic rings. The Morgan fingerprint density at radius 3 is 2.41 bits per heavy atom. The molecule has 1 saturated heterocycles. The second kappa shape index (κ2) is 5.58. The van der Waals surface area contributed by atoms with Gasteiger partial charge in [0.05, 0.1) is 12.3 Å². The second-order valence-electron chi connectivity index (χ2n) is 5.39. The maximum atomic E-state index is 13.7. The number of hydrogen-bond acceptors (Lipinski definition) is 3. The zero-order chi connectivity index (χ0) is 16.0. The van der Waals surface area contributed by atoms with E-state index in [1.807, 2.05) is 0 Å². The lowest BCUT2D eigenvalue weighted by Crippen LogP contribution is -2.43. The van der Waals surface area contributed by atoms with Gasteiger partial charge in [-0.25, -0.2) is 0 Å². The lowest BCUT2D eigenvalue weighted by atomic mass is 9.85. The number of benzene rings is 1. The first-order valence-corrected chi connectivity index (χ1v) is 7.43. The summed E-state index contributed by atoms with van der Waals surface area (Å²) < 4.78 is 46.3. The number of hydrogen-bond donors (Lipinski definition) is 0. The van der Waals surface area contributed by atoms with Gasteiger partial charge in [0.1, 0.15) is 0 Å². The van der Waals surface area contributed by atoms with E-state index < -0.39 is 11.8 Å². The number of ether oxygens (including phenoxy) is 1. The third-order valence-electron chi connectivity index (χ3n) is 3.94. The Bertz CT molecular complexity index is 594. The van der Waals surface area contributed by atoms with E-state index in [4.69, 9.17) is 32.8 Å². The number of halogens is 5. The first-order chi connectivity index (χ1) is 10.3. The highest BCUT2D eigenvalue weighted by Gasteiger charge is 2.62. The van der Waals surface area contributed by atoms with Crippen LogP contribution in [-0.2, 0) is 15.2 Å². The van der Waals surface area contributed by atoms with E-state index in [1.165, 1.54) is 18.2 Å². The molecule has 1 fully saturated rings. The fourth-order valence-corrected chi connectivity index (χ4v) is 3.26. The molecule has 1 aromatic carbocycles. The molecule has 8 heteroatoms. The summed E-state index contributed by atoms with van der Waals surface area (Å²) in [5, 5.41) is 3.94. The Labute approximate surface area is 135 Å². The number of nitrogens with zero attached hydrogens (tertiary/aromatic N) is 1. The number of alkyl halides is 3. The summed E-state index contributed by atoms with van der Waals surface area (Å²) in [6.07, 6.45) is -4.38. The van der Waals surface area contributed by atoms with Crippen LogP contribution in [0.1, 0.15) is 18.4 Å². The van der Waals surface area contributed by atoms with Crippen LogP contribution in [0.4, 0.5) is 13.2 Å². The molecule has 2 unspecified atom stereocenters. The standard InChI is InChI=1S/C14H12Cl2F3NO2/c15-10-3-9(4-11(16)5-10)13(14(17,18)19)6-12(20-22-13)8-1-2-21-7-8/h3-5,8H,1-2,6-7H2. The molecule has 0 N–H and O–H groups in total. The van der Waals surface area contributed by atoms with Crippen molar-refractivity contribution >= 4 is 28.9 Å². The summed E-state index contributed by atoms with van der Waals surface area (Å²) in [6.45, 7) is 0.887. The molecule has 0 aliphatic carbocycles. The van der Waals surface area contributed by atoms with Crippen LogP contribution in [0.3, 0.4) is 0 Å². The van der Waals surface area contributed by atoms with Gasteiger partial charge in [0.15, 0.2) is 0 Å². The first-order valence-electron chi connectivity index (χ1n) is 6.68. The van der Waals surface area contributed by atoms with Crippen LogP contribution in [-0.4, -0.2) is 25.1 Å². The first kappa shape index (κ1) is 15.9. The van der Waals surface area contributed by atoms with Crippen LogP contribution in [0.15, 0.2) is 23.4 Å². The minimum absolute atomic E-state index is 0.118. The fourth-order valence-electron chi connectivity index (χ4n) is 2.73. The van der Waals surface area contributed by atoms with Gasteiger partial charge in [-0.1, -0.05) is 28.4 Å². The molecule has 0 aromatic heterocycles. The molecule has 0 saturated carbocycles. The van der Waals surface area contributed by atoms with E-state index in [0.717, 1.165) is 0 Å². The Balaban J connectivity index is 1.98. The van der Waals surface area contributed by atoms with Crippen LogP contribution in [0.25, 0.3) is 0 Å². The summed E-state index contributed by atoms with van der Waals surface area (Å²) in [5.74, 6) is -0.140. The molecular weight excluding hydrogens is 342 g/mol. The lowest BCUT2D eigenvalue weighted by Gasteiger charge is -2.30. The van der Waals surface area contributed by atoms with Crippen molar-refractivity contribution < 1.29 is 22.7 Å². The number of rotatable bonds is 2. The van der Waals surface area contributed by atoms with Gasteiger partial charge in [-0.2, -0.15) is 13.2 Å². The molecule has 2 aliphatic rings. The van der Waals surface area contributed by atoms with E-state index >= 15 is 0 Å². The van der Waals surface area contributed by atoms with E-state index in [0.29, 0.717) is 25.3 Å². The number of oxime groups is 1. The minimum Gasteiger partial charge on any atom is -0.381 e. The van der Waals surface area contributed by atoms with E-state index in [-0.39, 0.29) is 27.9 Å². The average molecular weight is 354 g/mol. The SMILES string of the molecule is FC(F)(F)C1(c2cc(Cl)cc(Cl)c2)CC(C2CCOC2)=NO1. The van der Waals surface area contributed by atoms with Crippen LogP contribution in [0.2, 0.25) is 10.0 Å². The van der Waals surface area contributed by atoms with Crippen molar-refractivity contribution in [3.8, 4) is 0 Å². The maximum Gasteiger partial charge on any atom is 0.435 e. The van der Waals surface area contributed by atoms with Crippen molar-refractivity contribution in [3.63, 3.8) is 0 Å². The summed E-state index contributed by atoms with van der Waals surface area (Å²) in [6, 6.07) is 3.80. The molecule has 2 atom stereocenters. The molecule has 2 aliphatic heterocycles. The van der Waals surface area contributed by atoms with Crippen LogP contribution in [0, 0.1) is 5.92 Å². The molecule has 2 heterocycles. The molecule has 0 spiro atoms. The van der Waals surface area contributed by atoms with Crippen molar-refractivity contribution in [1.82, 2.24) is 0 Å². The van der Waals surface area contributed by atoms with Crippen molar-refractivity contribution in [3.05, 3.63) is 33.8 Å². The maximum absolute atomic E-state index is 13.7. The lowest BCUT2D eigenvalue weighted by molar-refractivity contribution is -0.275. The zero-order valence-electron chi connectivity index (χ0n) is 11.3. The Hall–Kier alpha value is -0.980.